The molecule has 2 heterocycles. The SMILES string of the molecule is COc1ccc(OC)c(CCNC(=O)CNC(=O)C2(C)Cn3c(cc4ccccc43)C(=O)N2C)c1. The summed E-state index contributed by atoms with van der Waals surface area (Å²) in [5.41, 5.74) is 1.21. The third kappa shape index (κ3) is 4.53. The fraction of sp³-hybridized carbons (Fsp3) is 0.346. The number of likely N-dealkylation sites (N-methyl/N-ethyl adjacent to an activating group) is 1. The number of carbonyl (C=O) groups excluding carboxylic acids is 3. The lowest BCUT2D eigenvalue weighted by atomic mass is 9.95. The predicted molar refractivity (Wildman–Crippen MR) is 132 cm³/mol. The van der Waals surface area contributed by atoms with Gasteiger partial charge in [-0.05, 0) is 49.2 Å². The van der Waals surface area contributed by atoms with Crippen molar-refractivity contribution >= 4 is 28.6 Å². The lowest BCUT2D eigenvalue weighted by Gasteiger charge is -2.41. The van der Waals surface area contributed by atoms with Gasteiger partial charge in [0.15, 0.2) is 0 Å². The summed E-state index contributed by atoms with van der Waals surface area (Å²) >= 11 is 0. The second-order valence-electron chi connectivity index (χ2n) is 8.77. The van der Waals surface area contributed by atoms with Crippen LogP contribution in [0.5, 0.6) is 11.5 Å². The Morgan fingerprint density at radius 2 is 1.83 bits per heavy atom. The van der Waals surface area contributed by atoms with Crippen LogP contribution in [0.25, 0.3) is 10.9 Å². The van der Waals surface area contributed by atoms with Gasteiger partial charge < -0.3 is 29.6 Å². The van der Waals surface area contributed by atoms with Crippen molar-refractivity contribution in [2.45, 2.75) is 25.4 Å². The number of carbonyl (C=O) groups is 3. The van der Waals surface area contributed by atoms with E-state index in [9.17, 15) is 14.4 Å². The van der Waals surface area contributed by atoms with Crippen LogP contribution in [0, 0.1) is 0 Å². The van der Waals surface area contributed by atoms with Crippen LogP contribution in [0.4, 0.5) is 0 Å². The van der Waals surface area contributed by atoms with E-state index in [1.165, 1.54) is 4.90 Å². The first-order valence-corrected chi connectivity index (χ1v) is 11.4. The monoisotopic (exact) mass is 478 g/mol. The average molecular weight is 479 g/mol. The van der Waals surface area contributed by atoms with E-state index in [0.717, 1.165) is 16.5 Å². The van der Waals surface area contributed by atoms with Crippen molar-refractivity contribution in [2.75, 3.05) is 34.4 Å². The van der Waals surface area contributed by atoms with Crippen molar-refractivity contribution < 1.29 is 23.9 Å². The molecule has 1 aliphatic rings. The number of aromatic nitrogens is 1. The maximum Gasteiger partial charge on any atom is 0.271 e. The molecule has 9 nitrogen and oxygen atoms in total. The second-order valence-corrected chi connectivity index (χ2v) is 8.77. The van der Waals surface area contributed by atoms with Crippen molar-refractivity contribution in [3.63, 3.8) is 0 Å². The molecule has 1 unspecified atom stereocenters. The van der Waals surface area contributed by atoms with Gasteiger partial charge in [0.05, 0.1) is 27.3 Å². The van der Waals surface area contributed by atoms with Crippen LogP contribution < -0.4 is 20.1 Å². The molecule has 1 aliphatic heterocycles. The van der Waals surface area contributed by atoms with E-state index in [1.807, 2.05) is 53.1 Å². The van der Waals surface area contributed by atoms with E-state index < -0.39 is 5.54 Å². The van der Waals surface area contributed by atoms with Crippen molar-refractivity contribution in [1.29, 1.82) is 0 Å². The maximum atomic E-state index is 13.2. The number of rotatable bonds is 8. The number of hydrogen-bond donors (Lipinski definition) is 2. The third-order valence-corrected chi connectivity index (χ3v) is 6.64. The lowest BCUT2D eigenvalue weighted by Crippen LogP contribution is -2.63. The first-order chi connectivity index (χ1) is 16.8. The van der Waals surface area contributed by atoms with Crippen LogP contribution in [0.2, 0.25) is 0 Å². The van der Waals surface area contributed by atoms with Gasteiger partial charge in [0.2, 0.25) is 11.8 Å². The molecule has 3 amide bonds. The van der Waals surface area contributed by atoms with Gasteiger partial charge in [-0.3, -0.25) is 14.4 Å². The average Bonchev–Trinajstić information content (AvgIpc) is 3.24. The highest BCUT2D eigenvalue weighted by atomic mass is 16.5. The third-order valence-electron chi connectivity index (χ3n) is 6.64. The molecule has 4 rings (SSSR count). The van der Waals surface area contributed by atoms with E-state index in [1.54, 1.807) is 28.2 Å². The normalized spacial score (nSPS) is 17.1. The zero-order valence-electron chi connectivity index (χ0n) is 20.4. The Kier molecular flexibility index (Phi) is 6.68. The van der Waals surface area contributed by atoms with Crippen molar-refractivity contribution in [3.8, 4) is 11.5 Å². The van der Waals surface area contributed by atoms with Crippen LogP contribution in [0.15, 0.2) is 48.5 Å². The molecule has 184 valence electrons. The topological polar surface area (TPSA) is 102 Å². The lowest BCUT2D eigenvalue weighted by molar-refractivity contribution is -0.134. The molecule has 1 aromatic heterocycles. The first-order valence-electron chi connectivity index (χ1n) is 11.4. The van der Waals surface area contributed by atoms with Gasteiger partial charge in [0.25, 0.3) is 5.91 Å². The molecule has 0 spiro atoms. The summed E-state index contributed by atoms with van der Waals surface area (Å²) in [4.78, 5) is 40.1. The minimum Gasteiger partial charge on any atom is -0.497 e. The number of nitrogens with zero attached hydrogens (tertiary/aromatic N) is 2. The highest BCUT2D eigenvalue weighted by Crippen LogP contribution is 2.31. The molecule has 0 aliphatic carbocycles. The van der Waals surface area contributed by atoms with Crippen LogP contribution in [-0.4, -0.2) is 67.1 Å². The zero-order valence-corrected chi connectivity index (χ0v) is 20.4. The van der Waals surface area contributed by atoms with Crippen LogP contribution in [-0.2, 0) is 22.6 Å². The minimum atomic E-state index is -1.14. The van der Waals surface area contributed by atoms with Gasteiger partial charge >= 0.3 is 0 Å². The molecule has 35 heavy (non-hydrogen) atoms. The molecular formula is C26H30N4O5. The fourth-order valence-electron chi connectivity index (χ4n) is 4.42. The Hall–Kier alpha value is -4.01. The Bertz CT molecular complexity index is 1280. The highest BCUT2D eigenvalue weighted by molar-refractivity contribution is 6.03. The van der Waals surface area contributed by atoms with Gasteiger partial charge in [-0.1, -0.05) is 18.2 Å². The molecular weight excluding hydrogens is 448 g/mol. The number of benzene rings is 2. The van der Waals surface area contributed by atoms with E-state index in [-0.39, 0.29) is 24.3 Å². The summed E-state index contributed by atoms with van der Waals surface area (Å²) in [5, 5.41) is 6.46. The number of methoxy groups -OCH3 is 2. The molecule has 0 saturated carbocycles. The molecule has 0 bridgehead atoms. The van der Waals surface area contributed by atoms with Crippen molar-refractivity contribution in [2.24, 2.45) is 0 Å². The van der Waals surface area contributed by atoms with Crippen LogP contribution >= 0.6 is 0 Å². The molecule has 2 N–H and O–H groups in total. The molecule has 0 fully saturated rings. The Balaban J connectivity index is 1.37. The molecule has 2 aromatic carbocycles. The van der Waals surface area contributed by atoms with Gasteiger partial charge in [-0.25, -0.2) is 0 Å². The molecule has 9 heteroatoms. The van der Waals surface area contributed by atoms with Gasteiger partial charge in [0.1, 0.15) is 22.7 Å². The van der Waals surface area contributed by atoms with E-state index in [0.29, 0.717) is 36.7 Å². The van der Waals surface area contributed by atoms with Gasteiger partial charge in [-0.15, -0.1) is 0 Å². The highest BCUT2D eigenvalue weighted by Gasteiger charge is 2.45. The van der Waals surface area contributed by atoms with Crippen LogP contribution in [0.3, 0.4) is 0 Å². The number of hydrogen-bond acceptors (Lipinski definition) is 5. The van der Waals surface area contributed by atoms with Crippen LogP contribution in [0.1, 0.15) is 23.0 Å². The quantitative estimate of drug-likeness (QED) is 0.516. The van der Waals surface area contributed by atoms with Crippen molar-refractivity contribution in [3.05, 3.63) is 59.8 Å². The first kappa shape index (κ1) is 24.1. The molecule has 1 atom stereocenters. The van der Waals surface area contributed by atoms with Gasteiger partial charge in [0, 0.05) is 24.5 Å². The predicted octanol–water partition coefficient (Wildman–Crippen LogP) is 1.98. The summed E-state index contributed by atoms with van der Waals surface area (Å²) in [6.45, 7) is 2.18. The van der Waals surface area contributed by atoms with E-state index in [4.69, 9.17) is 9.47 Å². The summed E-state index contributed by atoms with van der Waals surface area (Å²) in [5.74, 6) is 0.476. The minimum absolute atomic E-state index is 0.190. The summed E-state index contributed by atoms with van der Waals surface area (Å²) in [7, 11) is 4.80. The Morgan fingerprint density at radius 1 is 1.06 bits per heavy atom. The number of para-hydroxylation sites is 1. The number of fused-ring (bicyclic) bond motifs is 3. The standard InChI is InChI=1S/C26H30N4O5/c1-26(16-30-20-8-6-5-7-17(20)14-21(30)24(32)29(26)2)25(33)28-15-23(31)27-12-11-18-13-19(34-3)9-10-22(18)35-4/h5-10,13-14H,11-12,15-16H2,1-4H3,(H,27,31)(H,28,33). The maximum absolute atomic E-state index is 13.2. The van der Waals surface area contributed by atoms with Gasteiger partial charge in [-0.2, -0.15) is 0 Å². The Labute approximate surface area is 204 Å². The van der Waals surface area contributed by atoms with E-state index in [2.05, 4.69) is 10.6 Å². The number of ether oxygens (including phenoxy) is 2. The Morgan fingerprint density at radius 3 is 2.57 bits per heavy atom. The largest absolute Gasteiger partial charge is 0.497 e. The van der Waals surface area contributed by atoms with E-state index >= 15 is 0 Å². The van der Waals surface area contributed by atoms with Crippen molar-refractivity contribution in [1.82, 2.24) is 20.1 Å². The fourth-order valence-corrected chi connectivity index (χ4v) is 4.42. The molecule has 0 radical (unpaired) electrons. The molecule has 0 saturated heterocycles. The zero-order chi connectivity index (χ0) is 25.2. The second kappa shape index (κ2) is 9.69. The molecule has 3 aromatic rings. The number of amides is 3. The smallest absolute Gasteiger partial charge is 0.271 e. The summed E-state index contributed by atoms with van der Waals surface area (Å²) in [6.07, 6.45) is 0.540. The number of nitrogens with one attached hydrogen (secondary N) is 2. The summed E-state index contributed by atoms with van der Waals surface area (Å²) in [6, 6.07) is 15.0. The summed E-state index contributed by atoms with van der Waals surface area (Å²) < 4.78 is 12.5.